The summed E-state index contributed by atoms with van der Waals surface area (Å²) in [6.07, 6.45) is 0.513. The quantitative estimate of drug-likeness (QED) is 0.372. The number of methoxy groups -OCH3 is 1. The van der Waals surface area contributed by atoms with Crippen molar-refractivity contribution >= 4 is 41.3 Å². The van der Waals surface area contributed by atoms with E-state index in [-0.39, 0.29) is 43.5 Å². The number of nitrogens with zero attached hydrogens (tertiary/aromatic N) is 1. The Morgan fingerprint density at radius 2 is 2.02 bits per heavy atom. The van der Waals surface area contributed by atoms with Gasteiger partial charge in [0.25, 0.3) is 0 Å². The van der Waals surface area contributed by atoms with Gasteiger partial charge in [-0.05, 0) is 42.3 Å². The summed E-state index contributed by atoms with van der Waals surface area (Å²) in [4.78, 5) is 40.6. The smallest absolute Gasteiger partial charge is 0.247 e. The lowest BCUT2D eigenvalue weighted by Crippen LogP contribution is -2.56. The third-order valence-corrected chi connectivity index (χ3v) is 8.41. The van der Waals surface area contributed by atoms with Gasteiger partial charge in [0.15, 0.2) is 11.5 Å². The summed E-state index contributed by atoms with van der Waals surface area (Å²) in [7, 11) is 1.43. The first-order valence-corrected chi connectivity index (χ1v) is 14.0. The van der Waals surface area contributed by atoms with Gasteiger partial charge >= 0.3 is 0 Å². The number of aliphatic hydroxyl groups excluding tert-OH is 2. The van der Waals surface area contributed by atoms with Crippen molar-refractivity contribution in [1.29, 1.82) is 0 Å². The standard InChI is InChI=1S/C29H30Cl2N2O8/c1-39-23-10-16(13-35)8-18-24-19(28(37)32-5-6-34)11-22(25(36)27(24)41-26(18)23)33(29(38)17-4-7-40-14-17)12-15-2-3-20(30)21(31)9-15/h2-3,8-11,13,17,22,24-25,27,34,36H,4-7,12,14H2,1H3,(H,32,37). The van der Waals surface area contributed by atoms with Crippen LogP contribution >= 0.6 is 23.2 Å². The normalized spacial score (nSPS) is 24.5. The Labute approximate surface area is 246 Å². The minimum absolute atomic E-state index is 0.00246. The number of aliphatic hydroxyl groups is 2. The molecular formula is C29H30Cl2N2O8. The molecule has 41 heavy (non-hydrogen) atoms. The average molecular weight is 605 g/mol. The van der Waals surface area contributed by atoms with E-state index in [9.17, 15) is 24.6 Å². The second kappa shape index (κ2) is 12.4. The van der Waals surface area contributed by atoms with E-state index in [2.05, 4.69) is 5.32 Å². The molecule has 0 spiro atoms. The van der Waals surface area contributed by atoms with Crippen LogP contribution in [0.4, 0.5) is 0 Å². The zero-order chi connectivity index (χ0) is 29.3. The maximum absolute atomic E-state index is 13.9. The predicted octanol–water partition coefficient (Wildman–Crippen LogP) is 2.50. The molecule has 5 unspecified atom stereocenters. The molecule has 0 radical (unpaired) electrons. The molecule has 5 rings (SSSR count). The van der Waals surface area contributed by atoms with Gasteiger partial charge in [0.1, 0.15) is 18.5 Å². The molecular weight excluding hydrogens is 575 g/mol. The van der Waals surface area contributed by atoms with Crippen molar-refractivity contribution in [1.82, 2.24) is 10.2 Å². The SMILES string of the molecule is COc1cc(C=O)cc2c1OC1C2C(C(=O)NCCO)=CC(N(Cc2ccc(Cl)c(Cl)c2)C(=O)C2CCOC2)C1O. The van der Waals surface area contributed by atoms with E-state index < -0.39 is 36.0 Å². The maximum Gasteiger partial charge on any atom is 0.247 e. The zero-order valence-electron chi connectivity index (χ0n) is 22.2. The Balaban J connectivity index is 1.61. The fourth-order valence-electron chi connectivity index (χ4n) is 5.69. The summed E-state index contributed by atoms with van der Waals surface area (Å²) < 4.78 is 17.2. The van der Waals surface area contributed by atoms with Crippen molar-refractivity contribution in [2.24, 2.45) is 5.92 Å². The highest BCUT2D eigenvalue weighted by Crippen LogP contribution is 2.51. The molecule has 0 bridgehead atoms. The maximum atomic E-state index is 13.9. The van der Waals surface area contributed by atoms with Gasteiger partial charge < -0.3 is 34.6 Å². The third kappa shape index (κ3) is 5.67. The molecule has 1 saturated heterocycles. The highest BCUT2D eigenvalue weighted by molar-refractivity contribution is 6.42. The van der Waals surface area contributed by atoms with E-state index in [0.717, 1.165) is 0 Å². The number of carbonyl (C=O) groups excluding carboxylic acids is 3. The molecule has 3 N–H and O–H groups in total. The largest absolute Gasteiger partial charge is 0.493 e. The number of nitrogens with one attached hydrogen (secondary N) is 1. The lowest BCUT2D eigenvalue weighted by atomic mass is 9.77. The van der Waals surface area contributed by atoms with E-state index >= 15 is 0 Å². The van der Waals surface area contributed by atoms with Gasteiger partial charge in [-0.2, -0.15) is 0 Å². The molecule has 3 aliphatic rings. The highest BCUT2D eigenvalue weighted by Gasteiger charge is 2.52. The molecule has 2 heterocycles. The molecule has 1 aliphatic carbocycles. The predicted molar refractivity (Wildman–Crippen MR) is 149 cm³/mol. The number of amides is 2. The molecule has 1 fully saturated rings. The van der Waals surface area contributed by atoms with Crippen molar-refractivity contribution < 1.29 is 38.8 Å². The monoisotopic (exact) mass is 604 g/mol. The summed E-state index contributed by atoms with van der Waals surface area (Å²) in [5.74, 6) is -1.35. The number of fused-ring (bicyclic) bond motifs is 3. The average Bonchev–Trinajstić information content (AvgIpc) is 3.65. The van der Waals surface area contributed by atoms with Crippen LogP contribution in [0.25, 0.3) is 0 Å². The number of rotatable bonds is 9. The Morgan fingerprint density at radius 1 is 1.22 bits per heavy atom. The minimum atomic E-state index is -1.26. The summed E-state index contributed by atoms with van der Waals surface area (Å²) in [5, 5.41) is 24.5. The number of halogens is 2. The van der Waals surface area contributed by atoms with Crippen LogP contribution in [0.2, 0.25) is 10.0 Å². The first-order chi connectivity index (χ1) is 19.8. The molecule has 2 aromatic carbocycles. The Hall–Kier alpha value is -3.15. The second-order valence-electron chi connectivity index (χ2n) is 10.2. The first kappa shape index (κ1) is 29.3. The van der Waals surface area contributed by atoms with Gasteiger partial charge in [-0.15, -0.1) is 0 Å². The van der Waals surface area contributed by atoms with Crippen LogP contribution in [0.5, 0.6) is 11.5 Å². The topological polar surface area (TPSA) is 135 Å². The first-order valence-electron chi connectivity index (χ1n) is 13.2. The third-order valence-electron chi connectivity index (χ3n) is 7.67. The molecule has 2 amide bonds. The lowest BCUT2D eigenvalue weighted by Gasteiger charge is -2.41. The Bertz CT molecular complexity index is 1380. The lowest BCUT2D eigenvalue weighted by molar-refractivity contribution is -0.142. The van der Waals surface area contributed by atoms with Crippen molar-refractivity contribution in [2.75, 3.05) is 33.5 Å². The van der Waals surface area contributed by atoms with Crippen molar-refractivity contribution in [3.8, 4) is 11.5 Å². The van der Waals surface area contributed by atoms with Crippen LogP contribution in [0.1, 0.15) is 33.8 Å². The van der Waals surface area contributed by atoms with Gasteiger partial charge in [-0.3, -0.25) is 14.4 Å². The minimum Gasteiger partial charge on any atom is -0.493 e. The van der Waals surface area contributed by atoms with Crippen LogP contribution in [0.3, 0.4) is 0 Å². The summed E-state index contributed by atoms with van der Waals surface area (Å²) in [5.41, 5.74) is 1.73. The second-order valence-corrected chi connectivity index (χ2v) is 11.0. The fourth-order valence-corrected chi connectivity index (χ4v) is 6.01. The van der Waals surface area contributed by atoms with Gasteiger partial charge in [0.05, 0.1) is 48.2 Å². The molecule has 12 heteroatoms. The molecule has 2 aromatic rings. The van der Waals surface area contributed by atoms with Crippen LogP contribution < -0.4 is 14.8 Å². The van der Waals surface area contributed by atoms with Gasteiger partial charge in [0.2, 0.25) is 11.8 Å². The van der Waals surface area contributed by atoms with Gasteiger partial charge in [-0.1, -0.05) is 29.3 Å². The molecule has 0 aromatic heterocycles. The van der Waals surface area contributed by atoms with E-state index in [0.29, 0.717) is 51.8 Å². The van der Waals surface area contributed by atoms with Crippen molar-refractivity contribution in [3.63, 3.8) is 0 Å². The highest BCUT2D eigenvalue weighted by atomic mass is 35.5. The number of aldehydes is 1. The number of carbonyl (C=O) groups is 3. The summed E-state index contributed by atoms with van der Waals surface area (Å²) >= 11 is 12.4. The van der Waals surface area contributed by atoms with E-state index in [1.54, 1.807) is 30.3 Å². The van der Waals surface area contributed by atoms with Gasteiger partial charge in [-0.25, -0.2) is 0 Å². The fraction of sp³-hybridized carbons (Fsp3) is 0.414. The van der Waals surface area contributed by atoms with Crippen LogP contribution in [0, 0.1) is 5.92 Å². The summed E-state index contributed by atoms with van der Waals surface area (Å²) in [6.45, 7) is 0.471. The molecule has 0 saturated carbocycles. The van der Waals surface area contributed by atoms with E-state index in [1.807, 2.05) is 0 Å². The number of ether oxygens (including phenoxy) is 3. The molecule has 2 aliphatic heterocycles. The van der Waals surface area contributed by atoms with Crippen molar-refractivity contribution in [3.05, 3.63) is 68.7 Å². The van der Waals surface area contributed by atoms with E-state index in [4.69, 9.17) is 37.4 Å². The van der Waals surface area contributed by atoms with Crippen LogP contribution in [-0.2, 0) is 20.9 Å². The Morgan fingerprint density at radius 3 is 2.68 bits per heavy atom. The molecule has 10 nitrogen and oxygen atoms in total. The zero-order valence-corrected chi connectivity index (χ0v) is 23.7. The van der Waals surface area contributed by atoms with Gasteiger partial charge in [0, 0.05) is 36.4 Å². The summed E-state index contributed by atoms with van der Waals surface area (Å²) in [6, 6.07) is 7.17. The molecule has 5 atom stereocenters. The Kier molecular flexibility index (Phi) is 8.86. The van der Waals surface area contributed by atoms with Crippen LogP contribution in [-0.4, -0.2) is 84.9 Å². The van der Waals surface area contributed by atoms with E-state index in [1.165, 1.54) is 18.1 Å². The van der Waals surface area contributed by atoms with Crippen LogP contribution in [0.15, 0.2) is 42.0 Å². The number of benzene rings is 2. The number of hydrogen-bond acceptors (Lipinski definition) is 8. The van der Waals surface area contributed by atoms with Crippen molar-refractivity contribution in [2.45, 2.75) is 37.1 Å². The number of hydrogen-bond donors (Lipinski definition) is 3. The molecule has 218 valence electrons.